The van der Waals surface area contributed by atoms with Crippen molar-refractivity contribution in [2.24, 2.45) is 0 Å². The molecule has 2 unspecified atom stereocenters. The molecule has 3 aliphatic rings. The minimum Gasteiger partial charge on any atom is -0.495 e. The number of hydrogen-bond acceptors (Lipinski definition) is 5. The average molecular weight is 516 g/mol. The molecule has 0 radical (unpaired) electrons. The van der Waals surface area contributed by atoms with Gasteiger partial charge in [0.1, 0.15) is 5.75 Å². The van der Waals surface area contributed by atoms with Crippen LogP contribution in [0.2, 0.25) is 0 Å². The van der Waals surface area contributed by atoms with Crippen LogP contribution in [-0.2, 0) is 4.79 Å². The van der Waals surface area contributed by atoms with Crippen molar-refractivity contribution in [1.29, 1.82) is 0 Å². The van der Waals surface area contributed by atoms with E-state index in [9.17, 15) is 9.59 Å². The fraction of sp³-hybridized carbons (Fsp3) is 0.400. The van der Waals surface area contributed by atoms with Gasteiger partial charge in [-0.2, -0.15) is 0 Å². The van der Waals surface area contributed by atoms with Gasteiger partial charge < -0.3 is 19.4 Å². The van der Waals surface area contributed by atoms with Crippen LogP contribution in [0.4, 0.5) is 5.69 Å². The number of hydrogen-bond donors (Lipinski definition) is 0. The third-order valence-electron chi connectivity index (χ3n) is 8.21. The van der Waals surface area contributed by atoms with Gasteiger partial charge in [-0.25, -0.2) is 0 Å². The molecule has 192 valence electrons. The molecule has 1 saturated carbocycles. The van der Waals surface area contributed by atoms with Crippen molar-refractivity contribution in [2.75, 3.05) is 38.2 Å². The second-order valence-electron chi connectivity index (χ2n) is 10.2. The minimum atomic E-state index is -0.397. The summed E-state index contributed by atoms with van der Waals surface area (Å²) in [6, 6.07) is 19.9. The Labute approximate surface area is 222 Å². The molecule has 2 atom stereocenters. The van der Waals surface area contributed by atoms with E-state index in [0.29, 0.717) is 18.7 Å². The van der Waals surface area contributed by atoms with Crippen LogP contribution in [0.5, 0.6) is 5.75 Å². The first-order valence-corrected chi connectivity index (χ1v) is 14.2. The number of piperazine rings is 1. The topological polar surface area (TPSA) is 53.1 Å². The van der Waals surface area contributed by atoms with Crippen molar-refractivity contribution in [3.05, 3.63) is 82.0 Å². The molecular formula is C30H33N3O3S. The number of para-hydroxylation sites is 2. The monoisotopic (exact) mass is 515 g/mol. The molecule has 6 nitrogen and oxygen atoms in total. The third-order valence-corrected chi connectivity index (χ3v) is 9.16. The van der Waals surface area contributed by atoms with Gasteiger partial charge in [0.15, 0.2) is 0 Å². The molecule has 7 heteroatoms. The molecule has 1 aliphatic carbocycles. The maximum Gasteiger partial charge on any atom is 0.254 e. The maximum atomic E-state index is 14.4. The molecule has 0 bridgehead atoms. The summed E-state index contributed by atoms with van der Waals surface area (Å²) in [5.74, 6) is 0.657. The van der Waals surface area contributed by atoms with Gasteiger partial charge in [0.2, 0.25) is 5.91 Å². The summed E-state index contributed by atoms with van der Waals surface area (Å²) in [6.45, 7) is 2.78. The summed E-state index contributed by atoms with van der Waals surface area (Å²) in [5.41, 5.74) is 2.63. The normalized spacial score (nSPS) is 22.3. The van der Waals surface area contributed by atoms with Crippen LogP contribution in [0.25, 0.3) is 0 Å². The van der Waals surface area contributed by atoms with Gasteiger partial charge >= 0.3 is 0 Å². The Morgan fingerprint density at radius 2 is 1.65 bits per heavy atom. The zero-order valence-corrected chi connectivity index (χ0v) is 22.0. The molecule has 2 aliphatic heterocycles. The molecule has 2 amide bonds. The molecule has 1 aromatic heterocycles. The lowest BCUT2D eigenvalue weighted by Gasteiger charge is -2.46. The van der Waals surface area contributed by atoms with E-state index in [1.54, 1.807) is 18.4 Å². The first-order chi connectivity index (χ1) is 18.2. The largest absolute Gasteiger partial charge is 0.495 e. The van der Waals surface area contributed by atoms with Crippen molar-refractivity contribution >= 4 is 28.8 Å². The number of fused-ring (bicyclic) bond motifs is 1. The molecule has 3 heterocycles. The summed E-state index contributed by atoms with van der Waals surface area (Å²) in [5, 5.41) is 2.06. The van der Waals surface area contributed by atoms with Crippen LogP contribution >= 0.6 is 11.3 Å². The number of methoxy groups -OCH3 is 1. The molecule has 6 rings (SSSR count). The highest BCUT2D eigenvalue weighted by molar-refractivity contribution is 7.10. The predicted octanol–water partition coefficient (Wildman–Crippen LogP) is 5.33. The second-order valence-corrected chi connectivity index (χ2v) is 11.1. The Bertz CT molecular complexity index is 1260. The van der Waals surface area contributed by atoms with Crippen LogP contribution in [0.3, 0.4) is 0 Å². The number of amides is 2. The lowest BCUT2D eigenvalue weighted by atomic mass is 9.80. The molecule has 0 spiro atoms. The Morgan fingerprint density at radius 3 is 2.38 bits per heavy atom. The van der Waals surface area contributed by atoms with Crippen molar-refractivity contribution in [2.45, 2.75) is 43.7 Å². The lowest BCUT2D eigenvalue weighted by molar-refractivity contribution is -0.135. The first-order valence-electron chi connectivity index (χ1n) is 13.3. The van der Waals surface area contributed by atoms with Crippen molar-refractivity contribution in [3.63, 3.8) is 0 Å². The van der Waals surface area contributed by atoms with Crippen LogP contribution in [0.1, 0.15) is 58.4 Å². The number of benzene rings is 2. The summed E-state index contributed by atoms with van der Waals surface area (Å²) >= 11 is 1.65. The minimum absolute atomic E-state index is 0.0749. The maximum absolute atomic E-state index is 14.4. The third kappa shape index (κ3) is 4.29. The molecule has 1 saturated heterocycles. The highest BCUT2D eigenvalue weighted by Crippen LogP contribution is 2.48. The number of carbonyl (C=O) groups is 2. The molecule has 0 N–H and O–H groups in total. The van der Waals surface area contributed by atoms with Crippen molar-refractivity contribution in [3.8, 4) is 5.75 Å². The van der Waals surface area contributed by atoms with Crippen LogP contribution in [-0.4, -0.2) is 60.9 Å². The summed E-state index contributed by atoms with van der Waals surface area (Å²) < 4.78 is 5.57. The zero-order valence-electron chi connectivity index (χ0n) is 21.2. The highest BCUT2D eigenvalue weighted by atomic mass is 32.1. The number of anilines is 1. The van der Waals surface area contributed by atoms with Gasteiger partial charge in [0.25, 0.3) is 5.91 Å². The van der Waals surface area contributed by atoms with Gasteiger partial charge in [-0.15, -0.1) is 11.3 Å². The number of nitrogens with zero attached hydrogens (tertiary/aromatic N) is 3. The smallest absolute Gasteiger partial charge is 0.254 e. The Hall–Kier alpha value is -3.32. The SMILES string of the molecule is COc1ccccc1N1CCN(C(=O)C2c3ccccc3C(=O)N(C3CCCC3)C2c2cccs2)CC1. The van der Waals surface area contributed by atoms with Gasteiger partial charge in [0.05, 0.1) is 24.8 Å². The average Bonchev–Trinajstić information content (AvgIpc) is 3.68. The molecular weight excluding hydrogens is 482 g/mol. The van der Waals surface area contributed by atoms with Gasteiger partial charge in [-0.3, -0.25) is 9.59 Å². The van der Waals surface area contributed by atoms with E-state index in [-0.39, 0.29) is 23.9 Å². The quantitative estimate of drug-likeness (QED) is 0.461. The van der Waals surface area contributed by atoms with E-state index in [2.05, 4.69) is 27.3 Å². The molecule has 3 aromatic rings. The zero-order chi connectivity index (χ0) is 25.4. The fourth-order valence-electron chi connectivity index (χ4n) is 6.42. The van der Waals surface area contributed by atoms with Crippen LogP contribution in [0, 0.1) is 0 Å². The van der Waals surface area contributed by atoms with E-state index in [4.69, 9.17) is 4.74 Å². The lowest BCUT2D eigenvalue weighted by Crippen LogP contribution is -2.54. The number of thiophene rings is 1. The predicted molar refractivity (Wildman–Crippen MR) is 146 cm³/mol. The van der Waals surface area contributed by atoms with E-state index >= 15 is 0 Å². The summed E-state index contributed by atoms with van der Waals surface area (Å²) in [4.78, 5) is 35.8. The molecule has 37 heavy (non-hydrogen) atoms. The summed E-state index contributed by atoms with van der Waals surface area (Å²) in [7, 11) is 1.70. The van der Waals surface area contributed by atoms with Gasteiger partial charge in [-0.1, -0.05) is 49.2 Å². The molecule has 2 aromatic carbocycles. The summed E-state index contributed by atoms with van der Waals surface area (Å²) in [6.07, 6.45) is 4.29. The first kappa shape index (κ1) is 24.0. The van der Waals surface area contributed by atoms with E-state index in [1.807, 2.05) is 53.4 Å². The van der Waals surface area contributed by atoms with E-state index in [0.717, 1.165) is 60.7 Å². The second kappa shape index (κ2) is 10.2. The number of carbonyl (C=O) groups excluding carboxylic acids is 2. The van der Waals surface area contributed by atoms with E-state index in [1.165, 1.54) is 0 Å². The Kier molecular flexibility index (Phi) is 6.63. The van der Waals surface area contributed by atoms with Gasteiger partial charge in [-0.05, 0) is 48.1 Å². The number of rotatable bonds is 5. The van der Waals surface area contributed by atoms with Gasteiger partial charge in [0, 0.05) is 42.7 Å². The highest BCUT2D eigenvalue weighted by Gasteiger charge is 2.48. The number of ether oxygens (including phenoxy) is 1. The van der Waals surface area contributed by atoms with Crippen molar-refractivity contribution in [1.82, 2.24) is 9.80 Å². The fourth-order valence-corrected chi connectivity index (χ4v) is 7.28. The Morgan fingerprint density at radius 1 is 0.919 bits per heavy atom. The Balaban J connectivity index is 1.33. The van der Waals surface area contributed by atoms with Crippen LogP contribution in [0.15, 0.2) is 66.0 Å². The van der Waals surface area contributed by atoms with Crippen molar-refractivity contribution < 1.29 is 14.3 Å². The molecule has 2 fully saturated rings. The van der Waals surface area contributed by atoms with Crippen LogP contribution < -0.4 is 9.64 Å². The van der Waals surface area contributed by atoms with E-state index < -0.39 is 5.92 Å². The standard InChI is InChI=1S/C30H33N3O3S/c1-36-25-14-7-6-13-24(25)31-16-18-32(19-17-31)30(35)27-22-11-4-5-12-23(22)29(34)33(21-9-2-3-10-21)28(27)26-15-8-20-37-26/h4-8,11-15,20-21,27-28H,2-3,9-10,16-19H2,1H3.